The van der Waals surface area contributed by atoms with E-state index in [1.165, 1.54) is 10.5 Å². The molecule has 0 N–H and O–H groups in total. The maximum atomic E-state index is 11.2. The van der Waals surface area contributed by atoms with Gasteiger partial charge in [-0.05, 0) is 37.5 Å². The Morgan fingerprint density at radius 1 is 1.18 bits per heavy atom. The van der Waals surface area contributed by atoms with Crippen LogP contribution in [0.1, 0.15) is 19.8 Å². The van der Waals surface area contributed by atoms with E-state index in [9.17, 15) is 4.79 Å². The van der Waals surface area contributed by atoms with Crippen molar-refractivity contribution in [3.05, 3.63) is 53.6 Å². The molecule has 0 radical (unpaired) electrons. The molecule has 88 valence electrons. The summed E-state index contributed by atoms with van der Waals surface area (Å²) < 4.78 is 0. The minimum absolute atomic E-state index is 0.205. The Labute approximate surface area is 107 Å². The zero-order valence-corrected chi connectivity index (χ0v) is 10.8. The summed E-state index contributed by atoms with van der Waals surface area (Å²) in [6.45, 7) is 1.64. The molecular formula is C15H16OS. The topological polar surface area (TPSA) is 17.1 Å². The highest BCUT2D eigenvalue weighted by Gasteiger charge is 2.09. The van der Waals surface area contributed by atoms with Crippen LogP contribution in [0.25, 0.3) is 0 Å². The van der Waals surface area contributed by atoms with Crippen LogP contribution in [0.4, 0.5) is 0 Å². The second-order valence-electron chi connectivity index (χ2n) is 4.17. The van der Waals surface area contributed by atoms with Crippen molar-refractivity contribution in [2.45, 2.75) is 24.7 Å². The van der Waals surface area contributed by atoms with Gasteiger partial charge in [0.15, 0.2) is 5.78 Å². The van der Waals surface area contributed by atoms with Crippen molar-refractivity contribution in [3.8, 4) is 0 Å². The molecule has 0 atom stereocenters. The van der Waals surface area contributed by atoms with Crippen molar-refractivity contribution in [1.29, 1.82) is 0 Å². The number of thioether (sulfide) groups is 1. The molecule has 1 nitrogen and oxygen atoms in total. The van der Waals surface area contributed by atoms with Gasteiger partial charge in [0.25, 0.3) is 0 Å². The van der Waals surface area contributed by atoms with E-state index in [0.29, 0.717) is 0 Å². The first-order valence-corrected chi connectivity index (χ1v) is 6.81. The normalized spacial score (nSPS) is 15.1. The van der Waals surface area contributed by atoms with Crippen molar-refractivity contribution in [2.75, 3.05) is 5.75 Å². The third-order valence-corrected chi connectivity index (χ3v) is 3.98. The Bertz CT molecular complexity index is 457. The fraction of sp³-hybridized carbons (Fsp3) is 0.267. The van der Waals surface area contributed by atoms with Gasteiger partial charge in [0, 0.05) is 10.6 Å². The Balaban J connectivity index is 1.91. The first-order chi connectivity index (χ1) is 8.25. The van der Waals surface area contributed by atoms with Crippen LogP contribution in [0.2, 0.25) is 0 Å². The van der Waals surface area contributed by atoms with Gasteiger partial charge < -0.3 is 0 Å². The largest absolute Gasteiger partial charge is 0.295 e. The van der Waals surface area contributed by atoms with E-state index in [4.69, 9.17) is 0 Å². The van der Waals surface area contributed by atoms with E-state index in [-0.39, 0.29) is 5.78 Å². The van der Waals surface area contributed by atoms with Gasteiger partial charge in [0.1, 0.15) is 0 Å². The van der Waals surface area contributed by atoms with E-state index in [2.05, 4.69) is 30.3 Å². The highest BCUT2D eigenvalue weighted by atomic mass is 32.2. The monoisotopic (exact) mass is 244 g/mol. The predicted molar refractivity (Wildman–Crippen MR) is 73.2 cm³/mol. The first-order valence-electron chi connectivity index (χ1n) is 5.83. The van der Waals surface area contributed by atoms with Crippen molar-refractivity contribution in [3.63, 3.8) is 0 Å². The van der Waals surface area contributed by atoms with Crippen molar-refractivity contribution in [2.24, 2.45) is 0 Å². The summed E-state index contributed by atoms with van der Waals surface area (Å²) in [5.74, 6) is 1.22. The van der Waals surface area contributed by atoms with Crippen LogP contribution in [0.15, 0.2) is 58.5 Å². The molecule has 0 saturated heterocycles. The van der Waals surface area contributed by atoms with Crippen molar-refractivity contribution < 1.29 is 4.79 Å². The molecule has 17 heavy (non-hydrogen) atoms. The molecule has 0 heterocycles. The maximum absolute atomic E-state index is 11.2. The van der Waals surface area contributed by atoms with Gasteiger partial charge >= 0.3 is 0 Å². The molecule has 0 amide bonds. The Morgan fingerprint density at radius 3 is 2.53 bits per heavy atom. The zero-order valence-electron chi connectivity index (χ0n) is 9.98. The van der Waals surface area contributed by atoms with Crippen LogP contribution in [0.3, 0.4) is 0 Å². The molecule has 0 saturated carbocycles. The molecule has 0 aliphatic heterocycles. The number of ketones is 1. The van der Waals surface area contributed by atoms with Crippen LogP contribution < -0.4 is 0 Å². The fourth-order valence-electron chi connectivity index (χ4n) is 1.79. The second kappa shape index (κ2) is 5.87. The number of carbonyl (C=O) groups excluding carboxylic acids is 1. The fourth-order valence-corrected chi connectivity index (χ4v) is 2.73. The number of carbonyl (C=O) groups is 1. The second-order valence-corrected chi connectivity index (χ2v) is 5.22. The quantitative estimate of drug-likeness (QED) is 0.744. The lowest BCUT2D eigenvalue weighted by Crippen LogP contribution is -2.02. The molecule has 0 unspecified atom stereocenters. The molecule has 0 aromatic heterocycles. The number of hydrogen-bond acceptors (Lipinski definition) is 2. The summed E-state index contributed by atoms with van der Waals surface area (Å²) >= 11 is 1.85. The standard InChI is InChI=1S/C15H16OS/c1-12(16)14-9-7-13(8-10-14)11-17-15-5-3-2-4-6-15/h2-7,9H,8,10-11H2,1H3. The van der Waals surface area contributed by atoms with Gasteiger partial charge in [0.05, 0.1) is 0 Å². The van der Waals surface area contributed by atoms with Crippen LogP contribution in [0, 0.1) is 0 Å². The SMILES string of the molecule is CC(=O)C1=CC=C(CSc2ccccc2)CC1. The van der Waals surface area contributed by atoms with Gasteiger partial charge in [-0.3, -0.25) is 4.79 Å². The minimum atomic E-state index is 0.205. The summed E-state index contributed by atoms with van der Waals surface area (Å²) in [4.78, 5) is 12.5. The van der Waals surface area contributed by atoms with Gasteiger partial charge in [0.2, 0.25) is 0 Å². The molecular weight excluding hydrogens is 228 g/mol. The average molecular weight is 244 g/mol. The van der Waals surface area contributed by atoms with Crippen LogP contribution >= 0.6 is 11.8 Å². The van der Waals surface area contributed by atoms with E-state index in [0.717, 1.165) is 24.2 Å². The van der Waals surface area contributed by atoms with E-state index < -0.39 is 0 Å². The number of benzene rings is 1. The van der Waals surface area contributed by atoms with E-state index in [1.54, 1.807) is 6.92 Å². The molecule has 1 aliphatic rings. The predicted octanol–water partition coefficient (Wildman–Crippen LogP) is 4.01. The molecule has 0 bridgehead atoms. The lowest BCUT2D eigenvalue weighted by molar-refractivity contribution is -0.113. The van der Waals surface area contributed by atoms with Gasteiger partial charge in [-0.1, -0.05) is 35.9 Å². The summed E-state index contributed by atoms with van der Waals surface area (Å²) in [5, 5.41) is 0. The Morgan fingerprint density at radius 2 is 1.94 bits per heavy atom. The lowest BCUT2D eigenvalue weighted by atomic mass is 9.97. The summed E-state index contributed by atoms with van der Waals surface area (Å²) in [6, 6.07) is 10.4. The van der Waals surface area contributed by atoms with Crippen LogP contribution in [-0.2, 0) is 4.79 Å². The third kappa shape index (κ3) is 3.60. The minimum Gasteiger partial charge on any atom is -0.295 e. The number of allylic oxidation sites excluding steroid dienone is 3. The highest BCUT2D eigenvalue weighted by molar-refractivity contribution is 7.99. The zero-order chi connectivity index (χ0) is 12.1. The lowest BCUT2D eigenvalue weighted by Gasteiger charge is -2.12. The number of Topliss-reactive ketones (excluding diaryl/α,β-unsaturated/α-hetero) is 1. The average Bonchev–Trinajstić information content (AvgIpc) is 2.38. The molecule has 2 rings (SSSR count). The van der Waals surface area contributed by atoms with Gasteiger partial charge in [-0.25, -0.2) is 0 Å². The molecule has 0 fully saturated rings. The molecule has 2 heteroatoms. The smallest absolute Gasteiger partial charge is 0.155 e. The van der Waals surface area contributed by atoms with Crippen molar-refractivity contribution >= 4 is 17.5 Å². The molecule has 1 aromatic rings. The maximum Gasteiger partial charge on any atom is 0.155 e. The number of hydrogen-bond donors (Lipinski definition) is 0. The summed E-state index contributed by atoms with van der Waals surface area (Å²) in [6.07, 6.45) is 6.00. The first kappa shape index (κ1) is 12.2. The van der Waals surface area contributed by atoms with E-state index in [1.807, 2.05) is 23.9 Å². The van der Waals surface area contributed by atoms with Crippen molar-refractivity contribution in [1.82, 2.24) is 0 Å². The Kier molecular flexibility index (Phi) is 4.21. The van der Waals surface area contributed by atoms with Crippen LogP contribution in [0.5, 0.6) is 0 Å². The molecule has 1 aromatic carbocycles. The Hall–Kier alpha value is -1.28. The van der Waals surface area contributed by atoms with E-state index >= 15 is 0 Å². The highest BCUT2D eigenvalue weighted by Crippen LogP contribution is 2.25. The molecule has 0 spiro atoms. The summed E-state index contributed by atoms with van der Waals surface area (Å²) in [7, 11) is 0. The third-order valence-electron chi connectivity index (χ3n) is 2.86. The summed E-state index contributed by atoms with van der Waals surface area (Å²) in [5.41, 5.74) is 2.38. The van der Waals surface area contributed by atoms with Crippen LogP contribution in [-0.4, -0.2) is 11.5 Å². The van der Waals surface area contributed by atoms with Gasteiger partial charge in [-0.15, -0.1) is 11.8 Å². The molecule has 1 aliphatic carbocycles. The number of rotatable bonds is 4. The van der Waals surface area contributed by atoms with Gasteiger partial charge in [-0.2, -0.15) is 0 Å².